The third-order valence-electron chi connectivity index (χ3n) is 2.43. The van der Waals surface area contributed by atoms with Crippen molar-refractivity contribution < 1.29 is 4.74 Å². The lowest BCUT2D eigenvalue weighted by molar-refractivity contribution is 0.184. The van der Waals surface area contributed by atoms with Crippen LogP contribution in [0.15, 0.2) is 40.2 Å². The summed E-state index contributed by atoms with van der Waals surface area (Å²) in [7, 11) is 1.69. The van der Waals surface area contributed by atoms with Crippen molar-refractivity contribution in [3.63, 3.8) is 0 Å². The molecule has 1 heterocycles. The lowest BCUT2D eigenvalue weighted by Gasteiger charge is -2.06. The summed E-state index contributed by atoms with van der Waals surface area (Å²) in [5.41, 5.74) is 1.25. The van der Waals surface area contributed by atoms with Gasteiger partial charge in [-0.2, -0.15) is 0 Å². The van der Waals surface area contributed by atoms with Gasteiger partial charge < -0.3 is 9.30 Å². The molecule has 0 unspecified atom stereocenters. The fourth-order valence-electron chi connectivity index (χ4n) is 1.46. The van der Waals surface area contributed by atoms with E-state index in [1.807, 2.05) is 22.8 Å². The van der Waals surface area contributed by atoms with Crippen molar-refractivity contribution in [1.82, 2.24) is 14.8 Å². The monoisotopic (exact) mass is 327 g/mol. The molecule has 0 amide bonds. The molecule has 1 aromatic carbocycles. The molecule has 4 nitrogen and oxygen atoms in total. The normalized spacial score (nSPS) is 10.8. The molecule has 96 valence electrons. The van der Waals surface area contributed by atoms with Crippen LogP contribution in [0.5, 0.6) is 0 Å². The van der Waals surface area contributed by atoms with Crippen LogP contribution in [0.4, 0.5) is 0 Å². The number of hydrogen-bond donors (Lipinski definition) is 0. The number of thioether (sulfide) groups is 1. The van der Waals surface area contributed by atoms with E-state index in [1.54, 1.807) is 25.2 Å². The number of rotatable bonds is 6. The van der Waals surface area contributed by atoms with Gasteiger partial charge in [-0.3, -0.25) is 0 Å². The maximum Gasteiger partial charge on any atom is 0.191 e. The van der Waals surface area contributed by atoms with Crippen LogP contribution < -0.4 is 0 Å². The predicted octanol–water partition coefficient (Wildman–Crippen LogP) is 2.98. The molecule has 0 bridgehead atoms. The summed E-state index contributed by atoms with van der Waals surface area (Å²) in [5.74, 6) is 0.868. The van der Waals surface area contributed by atoms with Crippen LogP contribution in [0.2, 0.25) is 0 Å². The van der Waals surface area contributed by atoms with Crippen molar-refractivity contribution in [3.8, 4) is 0 Å². The van der Waals surface area contributed by atoms with E-state index in [9.17, 15) is 0 Å². The first-order valence-corrected chi connectivity index (χ1v) is 7.32. The van der Waals surface area contributed by atoms with Gasteiger partial charge in [0.1, 0.15) is 6.33 Å². The number of hydrogen-bond acceptors (Lipinski definition) is 4. The highest BCUT2D eigenvalue weighted by atomic mass is 79.9. The van der Waals surface area contributed by atoms with Crippen LogP contribution in [0.3, 0.4) is 0 Å². The Labute approximate surface area is 119 Å². The van der Waals surface area contributed by atoms with Gasteiger partial charge in [0.15, 0.2) is 5.16 Å². The van der Waals surface area contributed by atoms with Crippen molar-refractivity contribution in [2.75, 3.05) is 13.7 Å². The van der Waals surface area contributed by atoms with E-state index in [0.29, 0.717) is 6.61 Å². The summed E-state index contributed by atoms with van der Waals surface area (Å²) in [4.78, 5) is 0. The van der Waals surface area contributed by atoms with Crippen LogP contribution in [0, 0.1) is 0 Å². The van der Waals surface area contributed by atoms with Gasteiger partial charge in [-0.25, -0.2) is 0 Å². The van der Waals surface area contributed by atoms with Gasteiger partial charge in [-0.15, -0.1) is 10.2 Å². The molecule has 0 saturated heterocycles. The average Bonchev–Trinajstić information content (AvgIpc) is 2.83. The largest absolute Gasteiger partial charge is 0.383 e. The first kappa shape index (κ1) is 13.6. The number of aromatic nitrogens is 3. The van der Waals surface area contributed by atoms with Gasteiger partial charge in [0.05, 0.1) is 6.61 Å². The Hall–Kier alpha value is -0.850. The van der Waals surface area contributed by atoms with Crippen molar-refractivity contribution in [3.05, 3.63) is 40.6 Å². The molecule has 18 heavy (non-hydrogen) atoms. The molecule has 0 saturated carbocycles. The Morgan fingerprint density at radius 3 is 3.00 bits per heavy atom. The molecule has 0 N–H and O–H groups in total. The summed E-state index contributed by atoms with van der Waals surface area (Å²) in [6, 6.07) is 8.20. The second kappa shape index (κ2) is 6.92. The third kappa shape index (κ3) is 3.57. The van der Waals surface area contributed by atoms with Crippen molar-refractivity contribution in [2.45, 2.75) is 17.5 Å². The van der Waals surface area contributed by atoms with Gasteiger partial charge in [-0.1, -0.05) is 45.9 Å². The minimum absolute atomic E-state index is 0.667. The molecule has 2 aromatic rings. The molecular formula is C12H14BrN3OS. The zero-order valence-corrected chi connectivity index (χ0v) is 12.4. The van der Waals surface area contributed by atoms with Crippen LogP contribution in [0.1, 0.15) is 5.56 Å². The highest BCUT2D eigenvalue weighted by Crippen LogP contribution is 2.25. The molecule has 2 rings (SSSR count). The fourth-order valence-corrected chi connectivity index (χ4v) is 3.01. The number of methoxy groups -OCH3 is 1. The summed E-state index contributed by atoms with van der Waals surface area (Å²) >= 11 is 5.22. The van der Waals surface area contributed by atoms with E-state index in [4.69, 9.17) is 4.74 Å². The van der Waals surface area contributed by atoms with Gasteiger partial charge in [0, 0.05) is 23.9 Å². The van der Waals surface area contributed by atoms with E-state index < -0.39 is 0 Å². The number of halogens is 1. The maximum atomic E-state index is 5.06. The van der Waals surface area contributed by atoms with E-state index >= 15 is 0 Å². The van der Waals surface area contributed by atoms with E-state index in [0.717, 1.165) is 21.9 Å². The van der Waals surface area contributed by atoms with Crippen LogP contribution >= 0.6 is 27.7 Å². The number of benzene rings is 1. The SMILES string of the molecule is COCCn1cnnc1SCc1ccccc1Br. The quantitative estimate of drug-likeness (QED) is 0.765. The molecule has 0 aliphatic carbocycles. The Balaban J connectivity index is 1.98. The van der Waals surface area contributed by atoms with Crippen molar-refractivity contribution in [1.29, 1.82) is 0 Å². The van der Waals surface area contributed by atoms with E-state index in [1.165, 1.54) is 5.56 Å². The lowest BCUT2D eigenvalue weighted by atomic mass is 10.2. The molecule has 0 spiro atoms. The van der Waals surface area contributed by atoms with Gasteiger partial charge in [-0.05, 0) is 11.6 Å². The zero-order valence-electron chi connectivity index (χ0n) is 10.0. The van der Waals surface area contributed by atoms with Crippen molar-refractivity contribution >= 4 is 27.7 Å². The summed E-state index contributed by atoms with van der Waals surface area (Å²) in [5, 5.41) is 8.97. The van der Waals surface area contributed by atoms with Crippen LogP contribution in [-0.4, -0.2) is 28.5 Å². The topological polar surface area (TPSA) is 39.9 Å². The molecule has 0 aliphatic heterocycles. The Morgan fingerprint density at radius 1 is 1.39 bits per heavy atom. The number of ether oxygens (including phenoxy) is 1. The molecule has 0 atom stereocenters. The fraction of sp³-hybridized carbons (Fsp3) is 0.333. The lowest BCUT2D eigenvalue weighted by Crippen LogP contribution is -2.04. The molecule has 1 aromatic heterocycles. The minimum atomic E-state index is 0.667. The minimum Gasteiger partial charge on any atom is -0.383 e. The smallest absolute Gasteiger partial charge is 0.191 e. The summed E-state index contributed by atoms with van der Waals surface area (Å²) in [6.45, 7) is 1.45. The zero-order chi connectivity index (χ0) is 12.8. The second-order valence-corrected chi connectivity index (χ2v) is 5.48. The Morgan fingerprint density at radius 2 is 2.22 bits per heavy atom. The molecular weight excluding hydrogens is 314 g/mol. The molecule has 6 heteroatoms. The van der Waals surface area contributed by atoms with E-state index in [2.05, 4.69) is 32.2 Å². The van der Waals surface area contributed by atoms with Crippen molar-refractivity contribution in [2.24, 2.45) is 0 Å². The van der Waals surface area contributed by atoms with Gasteiger partial charge in [0.25, 0.3) is 0 Å². The maximum absolute atomic E-state index is 5.06. The third-order valence-corrected chi connectivity index (χ3v) is 4.23. The van der Waals surface area contributed by atoms with Gasteiger partial charge >= 0.3 is 0 Å². The summed E-state index contributed by atoms with van der Waals surface area (Å²) < 4.78 is 8.19. The predicted molar refractivity (Wildman–Crippen MR) is 75.6 cm³/mol. The summed E-state index contributed by atoms with van der Waals surface area (Å²) in [6.07, 6.45) is 1.74. The highest BCUT2D eigenvalue weighted by Gasteiger charge is 2.06. The molecule has 0 fully saturated rings. The Bertz CT molecular complexity index is 504. The second-order valence-electron chi connectivity index (χ2n) is 3.68. The molecule has 0 radical (unpaired) electrons. The number of nitrogens with zero attached hydrogens (tertiary/aromatic N) is 3. The van der Waals surface area contributed by atoms with Crippen LogP contribution in [0.25, 0.3) is 0 Å². The standard InChI is InChI=1S/C12H14BrN3OS/c1-17-7-6-16-9-14-15-12(16)18-8-10-4-2-3-5-11(10)13/h2-5,9H,6-8H2,1H3. The first-order valence-electron chi connectivity index (χ1n) is 5.54. The molecule has 0 aliphatic rings. The van der Waals surface area contributed by atoms with Crippen LogP contribution in [-0.2, 0) is 17.0 Å². The Kier molecular flexibility index (Phi) is 5.22. The van der Waals surface area contributed by atoms with Gasteiger partial charge in [0.2, 0.25) is 0 Å². The highest BCUT2D eigenvalue weighted by molar-refractivity contribution is 9.10. The first-order chi connectivity index (χ1) is 8.81. The van der Waals surface area contributed by atoms with E-state index in [-0.39, 0.29) is 0 Å². The average molecular weight is 328 g/mol.